The molecule has 0 bridgehead atoms. The largest absolute Gasteiger partial charge is 0.497 e. The molecule has 5 heteroatoms. The molecular formula is C25H33N3O2. The van der Waals surface area contributed by atoms with E-state index in [0.717, 1.165) is 44.9 Å². The average molecular weight is 408 g/mol. The molecule has 2 aliphatic rings. The molecule has 160 valence electrons. The molecule has 1 saturated carbocycles. The predicted molar refractivity (Wildman–Crippen MR) is 120 cm³/mol. The van der Waals surface area contributed by atoms with Crippen molar-refractivity contribution in [2.24, 2.45) is 5.92 Å². The molecule has 4 rings (SSSR count). The van der Waals surface area contributed by atoms with Crippen LogP contribution < -0.4 is 10.1 Å². The number of carbonyl (C=O) groups is 1. The fourth-order valence-electron chi connectivity index (χ4n) is 4.24. The lowest BCUT2D eigenvalue weighted by Gasteiger charge is -2.34. The maximum atomic E-state index is 12.8. The summed E-state index contributed by atoms with van der Waals surface area (Å²) >= 11 is 0. The lowest BCUT2D eigenvalue weighted by molar-refractivity contribution is -0.123. The Labute approximate surface area is 180 Å². The molecule has 1 saturated heterocycles. The zero-order chi connectivity index (χ0) is 20.8. The number of nitrogens with zero attached hydrogens (tertiary/aromatic N) is 2. The number of methoxy groups -OCH3 is 1. The zero-order valence-electron chi connectivity index (χ0n) is 17.9. The van der Waals surface area contributed by atoms with Gasteiger partial charge in [-0.2, -0.15) is 0 Å². The van der Waals surface area contributed by atoms with Crippen molar-refractivity contribution in [3.63, 3.8) is 0 Å². The zero-order valence-corrected chi connectivity index (χ0v) is 17.9. The van der Waals surface area contributed by atoms with Gasteiger partial charge in [0.15, 0.2) is 0 Å². The van der Waals surface area contributed by atoms with E-state index in [4.69, 9.17) is 4.74 Å². The van der Waals surface area contributed by atoms with Crippen molar-refractivity contribution in [3.05, 3.63) is 65.7 Å². The Balaban J connectivity index is 1.22. The van der Waals surface area contributed by atoms with Crippen LogP contribution in [0.1, 0.15) is 30.0 Å². The summed E-state index contributed by atoms with van der Waals surface area (Å²) in [5, 5.41) is 3.30. The summed E-state index contributed by atoms with van der Waals surface area (Å²) in [7, 11) is 1.68. The molecule has 2 aromatic rings. The number of piperazine rings is 1. The highest BCUT2D eigenvalue weighted by Gasteiger charge is 2.33. The number of rotatable bonds is 9. The van der Waals surface area contributed by atoms with Gasteiger partial charge in [0.05, 0.1) is 19.7 Å². The highest BCUT2D eigenvalue weighted by Crippen LogP contribution is 2.41. The van der Waals surface area contributed by atoms with Gasteiger partial charge >= 0.3 is 0 Å². The van der Waals surface area contributed by atoms with Gasteiger partial charge in [0, 0.05) is 32.7 Å². The van der Waals surface area contributed by atoms with Gasteiger partial charge in [0.25, 0.3) is 0 Å². The van der Waals surface area contributed by atoms with E-state index in [1.165, 1.54) is 24.0 Å². The van der Waals surface area contributed by atoms with Crippen molar-refractivity contribution in [2.45, 2.75) is 25.3 Å². The first-order valence-corrected chi connectivity index (χ1v) is 11.1. The molecule has 5 nitrogen and oxygen atoms in total. The summed E-state index contributed by atoms with van der Waals surface area (Å²) in [5.41, 5.74) is 2.57. The van der Waals surface area contributed by atoms with Crippen LogP contribution in [0, 0.1) is 5.92 Å². The number of ether oxygens (including phenoxy) is 1. The lowest BCUT2D eigenvalue weighted by atomic mass is 10.0. The number of nitrogens with one attached hydrogen (secondary N) is 1. The average Bonchev–Trinajstić information content (AvgIpc) is 3.63. The van der Waals surface area contributed by atoms with E-state index in [1.807, 2.05) is 12.1 Å². The van der Waals surface area contributed by atoms with Gasteiger partial charge in [-0.15, -0.1) is 0 Å². The van der Waals surface area contributed by atoms with Crippen molar-refractivity contribution in [3.8, 4) is 5.75 Å². The Bertz CT molecular complexity index is 797. The van der Waals surface area contributed by atoms with E-state index in [-0.39, 0.29) is 11.9 Å². The molecule has 30 heavy (non-hydrogen) atoms. The highest BCUT2D eigenvalue weighted by atomic mass is 16.5. The van der Waals surface area contributed by atoms with Crippen LogP contribution in [0.5, 0.6) is 5.75 Å². The molecule has 1 atom stereocenters. The number of benzene rings is 2. The molecule has 1 aliphatic heterocycles. The Morgan fingerprint density at radius 3 is 2.30 bits per heavy atom. The molecule has 2 fully saturated rings. The fraction of sp³-hybridized carbons (Fsp3) is 0.480. The fourth-order valence-corrected chi connectivity index (χ4v) is 4.24. The van der Waals surface area contributed by atoms with E-state index in [1.54, 1.807) is 7.11 Å². The standard InChI is InChI=1S/C25H33N3O2/c1-30-23-11-9-22(10-12-23)25(21-7-8-21)26-24(29)19-28-17-15-27(16-18-28)14-13-20-5-3-2-4-6-20/h2-6,9-12,21,25H,7-8,13-19H2,1H3,(H,26,29). The second kappa shape index (κ2) is 10.1. The summed E-state index contributed by atoms with van der Waals surface area (Å²) < 4.78 is 5.26. The van der Waals surface area contributed by atoms with Crippen LogP contribution in [0.4, 0.5) is 0 Å². The van der Waals surface area contributed by atoms with Crippen LogP contribution >= 0.6 is 0 Å². The molecule has 1 amide bonds. The van der Waals surface area contributed by atoms with Crippen molar-refractivity contribution < 1.29 is 9.53 Å². The molecule has 1 aliphatic carbocycles. The van der Waals surface area contributed by atoms with Gasteiger partial charge in [0.1, 0.15) is 5.75 Å². The van der Waals surface area contributed by atoms with Crippen molar-refractivity contribution in [2.75, 3.05) is 46.4 Å². The molecule has 0 spiro atoms. The van der Waals surface area contributed by atoms with E-state index >= 15 is 0 Å². The lowest BCUT2D eigenvalue weighted by Crippen LogP contribution is -2.50. The minimum absolute atomic E-state index is 0.121. The first-order chi connectivity index (χ1) is 14.7. The van der Waals surface area contributed by atoms with E-state index in [9.17, 15) is 4.79 Å². The Morgan fingerprint density at radius 1 is 1.00 bits per heavy atom. The van der Waals surface area contributed by atoms with Crippen LogP contribution in [0.2, 0.25) is 0 Å². The third kappa shape index (κ3) is 5.83. The summed E-state index contributed by atoms with van der Waals surface area (Å²) in [6.45, 7) is 5.56. The topological polar surface area (TPSA) is 44.8 Å². The van der Waals surface area contributed by atoms with E-state index in [2.05, 4.69) is 57.6 Å². The van der Waals surface area contributed by atoms with Gasteiger partial charge in [-0.1, -0.05) is 42.5 Å². The predicted octanol–water partition coefficient (Wildman–Crippen LogP) is 3.12. The minimum atomic E-state index is 0.121. The third-order valence-electron chi connectivity index (χ3n) is 6.28. The van der Waals surface area contributed by atoms with Crippen molar-refractivity contribution >= 4 is 5.91 Å². The maximum Gasteiger partial charge on any atom is 0.234 e. The molecular weight excluding hydrogens is 374 g/mol. The molecule has 1 heterocycles. The van der Waals surface area contributed by atoms with Crippen LogP contribution in [0.25, 0.3) is 0 Å². The van der Waals surface area contributed by atoms with Gasteiger partial charge in [-0.25, -0.2) is 0 Å². The van der Waals surface area contributed by atoms with Gasteiger partial charge in [0.2, 0.25) is 5.91 Å². The maximum absolute atomic E-state index is 12.8. The Morgan fingerprint density at radius 2 is 1.67 bits per heavy atom. The molecule has 0 aromatic heterocycles. The van der Waals surface area contributed by atoms with E-state index in [0.29, 0.717) is 12.5 Å². The molecule has 2 aromatic carbocycles. The smallest absolute Gasteiger partial charge is 0.234 e. The van der Waals surface area contributed by atoms with Crippen molar-refractivity contribution in [1.29, 1.82) is 0 Å². The van der Waals surface area contributed by atoms with E-state index < -0.39 is 0 Å². The molecule has 1 N–H and O–H groups in total. The van der Waals surface area contributed by atoms with Gasteiger partial charge < -0.3 is 15.0 Å². The first-order valence-electron chi connectivity index (χ1n) is 11.1. The second-order valence-electron chi connectivity index (χ2n) is 8.51. The summed E-state index contributed by atoms with van der Waals surface area (Å²) in [6.07, 6.45) is 3.47. The minimum Gasteiger partial charge on any atom is -0.497 e. The first kappa shape index (κ1) is 20.9. The van der Waals surface area contributed by atoms with Crippen molar-refractivity contribution in [1.82, 2.24) is 15.1 Å². The second-order valence-corrected chi connectivity index (χ2v) is 8.51. The number of carbonyl (C=O) groups excluding carboxylic acids is 1. The van der Waals surface area contributed by atoms with Gasteiger partial charge in [-0.3, -0.25) is 9.69 Å². The van der Waals surface area contributed by atoms with Crippen LogP contribution in [-0.4, -0.2) is 62.1 Å². The molecule has 1 unspecified atom stereocenters. The number of hydrogen-bond acceptors (Lipinski definition) is 4. The highest BCUT2D eigenvalue weighted by molar-refractivity contribution is 5.78. The summed E-state index contributed by atoms with van der Waals surface area (Å²) in [6, 6.07) is 18.9. The normalized spacial score (nSPS) is 18.7. The van der Waals surface area contributed by atoms with Crippen LogP contribution in [0.3, 0.4) is 0 Å². The number of hydrogen-bond donors (Lipinski definition) is 1. The van der Waals surface area contributed by atoms with Crippen LogP contribution in [-0.2, 0) is 11.2 Å². The number of amides is 1. The quantitative estimate of drug-likeness (QED) is 0.694. The van der Waals surface area contributed by atoms with Crippen LogP contribution in [0.15, 0.2) is 54.6 Å². The van der Waals surface area contributed by atoms with Gasteiger partial charge in [-0.05, 0) is 48.4 Å². The Hall–Kier alpha value is -2.37. The summed E-state index contributed by atoms with van der Waals surface area (Å²) in [4.78, 5) is 17.5. The third-order valence-corrected chi connectivity index (χ3v) is 6.28. The Kier molecular flexibility index (Phi) is 7.03. The SMILES string of the molecule is COc1ccc(C(NC(=O)CN2CCN(CCc3ccccc3)CC2)C2CC2)cc1. The molecule has 0 radical (unpaired) electrons. The summed E-state index contributed by atoms with van der Waals surface area (Å²) in [5.74, 6) is 1.56. The monoisotopic (exact) mass is 407 g/mol.